The number of likely N-dealkylation sites (tertiary alicyclic amines) is 1. The van der Waals surface area contributed by atoms with Crippen molar-refractivity contribution in [2.45, 2.75) is 25.4 Å². The van der Waals surface area contributed by atoms with Gasteiger partial charge in [-0.05, 0) is 61.8 Å². The minimum absolute atomic E-state index is 0.309. The first-order valence-electron chi connectivity index (χ1n) is 12.1. The van der Waals surface area contributed by atoms with Gasteiger partial charge in [0.15, 0.2) is 6.10 Å². The van der Waals surface area contributed by atoms with Gasteiger partial charge in [0.05, 0.1) is 0 Å². The lowest BCUT2D eigenvalue weighted by molar-refractivity contribution is 0.183. The molecule has 0 amide bonds. The van der Waals surface area contributed by atoms with Crippen molar-refractivity contribution in [1.82, 2.24) is 4.90 Å². The third-order valence-corrected chi connectivity index (χ3v) is 6.96. The highest BCUT2D eigenvalue weighted by atomic mass is 19.1. The second-order valence-electron chi connectivity index (χ2n) is 9.14. The van der Waals surface area contributed by atoms with E-state index in [9.17, 15) is 4.39 Å². The molecule has 4 nitrogen and oxygen atoms in total. The molecule has 0 N–H and O–H groups in total. The number of hydrogen-bond donors (Lipinski definition) is 0. The number of rotatable bonds is 5. The molecule has 0 radical (unpaired) electrons. The fourth-order valence-corrected chi connectivity index (χ4v) is 5.21. The van der Waals surface area contributed by atoms with Gasteiger partial charge in [0.2, 0.25) is 0 Å². The smallest absolute Gasteiger partial charge is 0.150 e. The zero-order valence-electron chi connectivity index (χ0n) is 19.1. The van der Waals surface area contributed by atoms with E-state index in [0.29, 0.717) is 19.0 Å². The first kappa shape index (κ1) is 21.2. The molecule has 0 aliphatic carbocycles. The summed E-state index contributed by atoms with van der Waals surface area (Å²) in [5, 5.41) is 0. The van der Waals surface area contributed by atoms with Crippen LogP contribution < -0.4 is 14.2 Å². The Hall–Kier alpha value is -3.31. The highest BCUT2D eigenvalue weighted by molar-refractivity contribution is 5.99. The summed E-state index contributed by atoms with van der Waals surface area (Å²) in [4.78, 5) is 2.47. The van der Waals surface area contributed by atoms with Gasteiger partial charge in [-0.3, -0.25) is 4.90 Å². The van der Waals surface area contributed by atoms with E-state index >= 15 is 0 Å². The van der Waals surface area contributed by atoms with Gasteiger partial charge in [-0.25, -0.2) is 4.39 Å². The predicted octanol–water partition coefficient (Wildman–Crippen LogP) is 6.13. The summed E-state index contributed by atoms with van der Waals surface area (Å²) >= 11 is 0. The van der Waals surface area contributed by atoms with Crippen LogP contribution in [0.2, 0.25) is 0 Å². The number of ether oxygens (including phenoxy) is 3. The molecule has 1 fully saturated rings. The van der Waals surface area contributed by atoms with Gasteiger partial charge in [-0.15, -0.1) is 0 Å². The first-order valence-corrected chi connectivity index (χ1v) is 12.1. The Bertz CT molecular complexity index is 1210. The molecular weight excluding hydrogens is 429 g/mol. The Morgan fingerprint density at radius 3 is 2.56 bits per heavy atom. The topological polar surface area (TPSA) is 30.9 Å². The highest BCUT2D eigenvalue weighted by Crippen LogP contribution is 2.50. The van der Waals surface area contributed by atoms with Crippen LogP contribution in [0.5, 0.6) is 17.2 Å². The van der Waals surface area contributed by atoms with Crippen LogP contribution >= 0.6 is 0 Å². The predicted molar refractivity (Wildman–Crippen MR) is 131 cm³/mol. The fraction of sp³-hybridized carbons (Fsp3) is 0.310. The zero-order chi connectivity index (χ0) is 22.9. The Balaban J connectivity index is 1.28. The van der Waals surface area contributed by atoms with Crippen LogP contribution in [-0.2, 0) is 0 Å². The summed E-state index contributed by atoms with van der Waals surface area (Å²) in [5.74, 6) is 1.94. The largest absolute Gasteiger partial charge is 0.492 e. The van der Waals surface area contributed by atoms with Crippen molar-refractivity contribution in [2.75, 3.05) is 32.8 Å². The normalized spacial score (nSPS) is 19.4. The van der Waals surface area contributed by atoms with Crippen LogP contribution in [0, 0.1) is 5.82 Å². The molecule has 3 aromatic rings. The maximum atomic E-state index is 14.0. The molecule has 1 saturated heterocycles. The Morgan fingerprint density at radius 2 is 1.71 bits per heavy atom. The molecule has 3 aliphatic rings. The van der Waals surface area contributed by atoms with Crippen molar-refractivity contribution in [3.8, 4) is 17.2 Å². The third kappa shape index (κ3) is 4.05. The standard InChI is InChI=1S/C29H28FNO3/c30-21-10-13-23-25-19-33-26-7-3-2-6-24(26)28(25)29(34-27(23)18-21)20-8-11-22(12-9-20)32-17-16-31-14-4-1-5-15-31/h2-3,6-13,18,29H,1,4-5,14-17,19H2. The third-order valence-electron chi connectivity index (χ3n) is 6.96. The van der Waals surface area contributed by atoms with Gasteiger partial charge in [0, 0.05) is 34.9 Å². The zero-order valence-corrected chi connectivity index (χ0v) is 19.1. The molecule has 5 heteroatoms. The number of fused-ring (bicyclic) bond motifs is 4. The lowest BCUT2D eigenvalue weighted by Gasteiger charge is -2.35. The van der Waals surface area contributed by atoms with Gasteiger partial charge in [-0.1, -0.05) is 36.8 Å². The van der Waals surface area contributed by atoms with E-state index in [1.807, 2.05) is 42.5 Å². The Morgan fingerprint density at radius 1 is 0.882 bits per heavy atom. The summed E-state index contributed by atoms with van der Waals surface area (Å²) in [6.07, 6.45) is 3.56. The quantitative estimate of drug-likeness (QED) is 0.461. The van der Waals surface area contributed by atoms with Gasteiger partial charge >= 0.3 is 0 Å². The van der Waals surface area contributed by atoms with Crippen LogP contribution in [0.25, 0.3) is 11.1 Å². The van der Waals surface area contributed by atoms with Crippen molar-refractivity contribution < 1.29 is 18.6 Å². The van der Waals surface area contributed by atoms with Crippen molar-refractivity contribution in [3.05, 3.63) is 89.2 Å². The van der Waals surface area contributed by atoms with E-state index in [-0.39, 0.29) is 11.9 Å². The second kappa shape index (κ2) is 9.15. The van der Waals surface area contributed by atoms with Crippen molar-refractivity contribution >= 4 is 11.1 Å². The molecule has 0 aromatic heterocycles. The van der Waals surface area contributed by atoms with Crippen molar-refractivity contribution in [3.63, 3.8) is 0 Å². The molecule has 3 aliphatic heterocycles. The summed E-state index contributed by atoms with van der Waals surface area (Å²) in [6, 6.07) is 20.9. The average molecular weight is 458 g/mol. The second-order valence-corrected chi connectivity index (χ2v) is 9.14. The minimum atomic E-state index is -0.350. The number of halogens is 1. The van der Waals surface area contributed by atoms with E-state index in [1.54, 1.807) is 6.07 Å². The Labute approximate surface area is 199 Å². The maximum Gasteiger partial charge on any atom is 0.150 e. The number of hydrogen-bond acceptors (Lipinski definition) is 4. The monoisotopic (exact) mass is 457 g/mol. The van der Waals surface area contributed by atoms with E-state index in [1.165, 1.54) is 44.5 Å². The summed E-state index contributed by atoms with van der Waals surface area (Å²) in [6.45, 7) is 4.43. The molecule has 174 valence electrons. The number of para-hydroxylation sites is 1. The molecule has 3 aromatic carbocycles. The van der Waals surface area contributed by atoms with Crippen LogP contribution in [-0.4, -0.2) is 37.7 Å². The van der Waals surface area contributed by atoms with Crippen molar-refractivity contribution in [1.29, 1.82) is 0 Å². The molecule has 0 spiro atoms. The summed E-state index contributed by atoms with van der Waals surface area (Å²) in [5.41, 5.74) is 5.04. The molecular formula is C29H28FNO3. The van der Waals surface area contributed by atoms with Crippen LogP contribution in [0.3, 0.4) is 0 Å². The molecule has 0 bridgehead atoms. The number of piperidine rings is 1. The molecule has 3 heterocycles. The van der Waals surface area contributed by atoms with Crippen LogP contribution in [0.4, 0.5) is 4.39 Å². The Kier molecular flexibility index (Phi) is 5.71. The SMILES string of the molecule is Fc1ccc2c(c1)OC(c1ccc(OCCN3CCCCC3)cc1)C1=C2COc2ccccc21. The average Bonchev–Trinajstić information content (AvgIpc) is 2.89. The highest BCUT2D eigenvalue weighted by Gasteiger charge is 2.35. The fourth-order valence-electron chi connectivity index (χ4n) is 5.21. The maximum absolute atomic E-state index is 14.0. The van der Waals surface area contributed by atoms with E-state index in [4.69, 9.17) is 14.2 Å². The van der Waals surface area contributed by atoms with Gasteiger partial charge in [0.25, 0.3) is 0 Å². The molecule has 1 atom stereocenters. The lowest BCUT2D eigenvalue weighted by atomic mass is 9.84. The molecule has 0 saturated carbocycles. The van der Waals surface area contributed by atoms with Gasteiger partial charge in [-0.2, -0.15) is 0 Å². The van der Waals surface area contributed by atoms with E-state index < -0.39 is 0 Å². The lowest BCUT2D eigenvalue weighted by Crippen LogP contribution is -2.33. The van der Waals surface area contributed by atoms with E-state index in [2.05, 4.69) is 11.0 Å². The minimum Gasteiger partial charge on any atom is -0.492 e. The van der Waals surface area contributed by atoms with Crippen LogP contribution in [0.15, 0.2) is 66.7 Å². The van der Waals surface area contributed by atoms with Gasteiger partial charge < -0.3 is 14.2 Å². The van der Waals surface area contributed by atoms with E-state index in [0.717, 1.165) is 45.9 Å². The number of nitrogens with zero attached hydrogens (tertiary/aromatic N) is 1. The molecule has 34 heavy (non-hydrogen) atoms. The van der Waals surface area contributed by atoms with Crippen molar-refractivity contribution in [2.24, 2.45) is 0 Å². The number of benzene rings is 3. The van der Waals surface area contributed by atoms with Gasteiger partial charge in [0.1, 0.15) is 36.3 Å². The summed E-state index contributed by atoms with van der Waals surface area (Å²) in [7, 11) is 0. The summed E-state index contributed by atoms with van der Waals surface area (Å²) < 4.78 is 32.5. The molecule has 1 unspecified atom stereocenters. The molecule has 6 rings (SSSR count). The first-order chi connectivity index (χ1) is 16.8. The van der Waals surface area contributed by atoms with Crippen LogP contribution in [0.1, 0.15) is 42.1 Å².